The van der Waals surface area contributed by atoms with Crippen LogP contribution in [0, 0.1) is 5.92 Å². The minimum atomic E-state index is -0.526. The molecule has 2 heterocycles. The van der Waals surface area contributed by atoms with Crippen molar-refractivity contribution >= 4 is 11.8 Å². The van der Waals surface area contributed by atoms with E-state index in [1.54, 1.807) is 31.7 Å². The Morgan fingerprint density at radius 1 is 1.03 bits per heavy atom. The number of nitrogens with one attached hydrogen (secondary N) is 2. The first-order chi connectivity index (χ1) is 14.6. The average Bonchev–Trinajstić information content (AvgIpc) is 2.76. The van der Waals surface area contributed by atoms with Crippen molar-refractivity contribution in [2.24, 2.45) is 5.92 Å². The maximum Gasteiger partial charge on any atom is 0.256 e. The van der Waals surface area contributed by atoms with E-state index in [-0.39, 0.29) is 11.1 Å². The van der Waals surface area contributed by atoms with Crippen molar-refractivity contribution in [3.63, 3.8) is 0 Å². The molecule has 160 valence electrons. The first-order valence-electron chi connectivity index (χ1n) is 10.8. The number of aromatic nitrogens is 2. The van der Waals surface area contributed by atoms with Crippen LogP contribution in [-0.2, 0) is 13.0 Å². The predicted molar refractivity (Wildman–Crippen MR) is 116 cm³/mol. The highest BCUT2D eigenvalue weighted by Gasteiger charge is 2.21. The van der Waals surface area contributed by atoms with Crippen LogP contribution in [0.4, 0.5) is 0 Å². The van der Waals surface area contributed by atoms with Crippen LogP contribution in [0.1, 0.15) is 65.3 Å². The summed E-state index contributed by atoms with van der Waals surface area (Å²) in [5.74, 6) is -0.380. The van der Waals surface area contributed by atoms with E-state index in [4.69, 9.17) is 0 Å². The van der Waals surface area contributed by atoms with Gasteiger partial charge >= 0.3 is 0 Å². The highest BCUT2D eigenvalue weighted by molar-refractivity contribution is 5.99. The Hall–Kier alpha value is -2.96. The van der Waals surface area contributed by atoms with E-state index in [1.807, 2.05) is 16.7 Å². The third kappa shape index (κ3) is 5.78. The first-order valence-corrected chi connectivity index (χ1v) is 10.8. The molecule has 1 saturated carbocycles. The molecular formula is C23H30N4O3. The van der Waals surface area contributed by atoms with E-state index in [2.05, 4.69) is 15.6 Å². The SMILES string of the molecule is CCNC(=O)c1cn(CC2CCCCC2)cc(C(=O)NCCc2ccncc2)c1=O. The molecule has 2 aromatic rings. The van der Waals surface area contributed by atoms with Crippen LogP contribution in [0.5, 0.6) is 0 Å². The first kappa shape index (κ1) is 21.7. The molecule has 1 aliphatic carbocycles. The lowest BCUT2D eigenvalue weighted by atomic mass is 9.89. The van der Waals surface area contributed by atoms with E-state index >= 15 is 0 Å². The van der Waals surface area contributed by atoms with Gasteiger partial charge in [0.05, 0.1) is 0 Å². The molecule has 7 nitrogen and oxygen atoms in total. The van der Waals surface area contributed by atoms with Gasteiger partial charge < -0.3 is 15.2 Å². The zero-order valence-electron chi connectivity index (χ0n) is 17.5. The molecule has 7 heteroatoms. The summed E-state index contributed by atoms with van der Waals surface area (Å²) in [4.78, 5) is 42.0. The topological polar surface area (TPSA) is 93.1 Å². The summed E-state index contributed by atoms with van der Waals surface area (Å²) in [5, 5.41) is 5.49. The third-order valence-corrected chi connectivity index (χ3v) is 5.55. The second-order valence-corrected chi connectivity index (χ2v) is 7.84. The Kier molecular flexibility index (Phi) is 7.76. The summed E-state index contributed by atoms with van der Waals surface area (Å²) in [6.07, 6.45) is 13.2. The number of carbonyl (C=O) groups is 2. The van der Waals surface area contributed by atoms with Crippen molar-refractivity contribution in [2.75, 3.05) is 13.1 Å². The van der Waals surface area contributed by atoms with Crippen LogP contribution in [0.15, 0.2) is 41.7 Å². The molecule has 0 unspecified atom stereocenters. The quantitative estimate of drug-likeness (QED) is 0.699. The lowest BCUT2D eigenvalue weighted by molar-refractivity contribution is 0.0951. The summed E-state index contributed by atoms with van der Waals surface area (Å²) < 4.78 is 1.85. The van der Waals surface area contributed by atoms with Crippen molar-refractivity contribution in [1.82, 2.24) is 20.2 Å². The highest BCUT2D eigenvalue weighted by Crippen LogP contribution is 2.25. The number of hydrogen-bond acceptors (Lipinski definition) is 4. The van der Waals surface area contributed by atoms with Gasteiger partial charge in [-0.25, -0.2) is 0 Å². The zero-order chi connectivity index (χ0) is 21.3. The van der Waals surface area contributed by atoms with Crippen LogP contribution in [0.3, 0.4) is 0 Å². The minimum absolute atomic E-state index is 0.0179. The summed E-state index contributed by atoms with van der Waals surface area (Å²) in [6.45, 7) is 3.33. The Labute approximate surface area is 176 Å². The van der Waals surface area contributed by atoms with E-state index < -0.39 is 17.2 Å². The van der Waals surface area contributed by atoms with E-state index in [9.17, 15) is 14.4 Å². The summed E-state index contributed by atoms with van der Waals surface area (Å²) in [7, 11) is 0. The predicted octanol–water partition coefficient (Wildman–Crippen LogP) is 2.55. The molecule has 0 atom stereocenters. The highest BCUT2D eigenvalue weighted by atomic mass is 16.2. The third-order valence-electron chi connectivity index (χ3n) is 5.55. The number of hydrogen-bond donors (Lipinski definition) is 2. The average molecular weight is 411 g/mol. The maximum absolute atomic E-state index is 12.9. The van der Waals surface area contributed by atoms with Crippen molar-refractivity contribution in [3.8, 4) is 0 Å². The summed E-state index contributed by atoms with van der Waals surface area (Å²) >= 11 is 0. The lowest BCUT2D eigenvalue weighted by Gasteiger charge is -2.23. The molecule has 30 heavy (non-hydrogen) atoms. The molecule has 2 aromatic heterocycles. The fourth-order valence-electron chi connectivity index (χ4n) is 3.95. The minimum Gasteiger partial charge on any atom is -0.352 e. The molecule has 1 fully saturated rings. The van der Waals surface area contributed by atoms with Gasteiger partial charge in [-0.05, 0) is 49.8 Å². The van der Waals surface area contributed by atoms with Crippen molar-refractivity contribution in [1.29, 1.82) is 0 Å². The monoisotopic (exact) mass is 410 g/mol. The smallest absolute Gasteiger partial charge is 0.256 e. The standard InChI is InChI=1S/C23H30N4O3/c1-2-25-22(29)19-15-27(14-18-6-4-3-5-7-18)16-20(21(19)28)23(30)26-13-10-17-8-11-24-12-9-17/h8-9,11-12,15-16,18H,2-7,10,13-14H2,1H3,(H,25,29)(H,26,30). The van der Waals surface area contributed by atoms with Crippen LogP contribution < -0.4 is 16.1 Å². The van der Waals surface area contributed by atoms with Gasteiger partial charge in [0.2, 0.25) is 5.43 Å². The number of carbonyl (C=O) groups excluding carboxylic acids is 2. The molecule has 0 spiro atoms. The lowest BCUT2D eigenvalue weighted by Crippen LogP contribution is -2.36. The van der Waals surface area contributed by atoms with Crippen LogP contribution >= 0.6 is 0 Å². The normalized spacial score (nSPS) is 14.3. The van der Waals surface area contributed by atoms with Crippen molar-refractivity contribution in [2.45, 2.75) is 52.0 Å². The molecule has 0 aliphatic heterocycles. The molecular weight excluding hydrogens is 380 g/mol. The molecule has 0 radical (unpaired) electrons. The second kappa shape index (κ2) is 10.7. The van der Waals surface area contributed by atoms with Gasteiger partial charge in [-0.2, -0.15) is 0 Å². The van der Waals surface area contributed by atoms with Crippen LogP contribution in [0.2, 0.25) is 0 Å². The van der Waals surface area contributed by atoms with Crippen LogP contribution in [-0.4, -0.2) is 34.5 Å². The Morgan fingerprint density at radius 3 is 2.30 bits per heavy atom. The molecule has 1 aliphatic rings. The molecule has 2 N–H and O–H groups in total. The summed E-state index contributed by atoms with van der Waals surface area (Å²) in [6, 6.07) is 3.78. The van der Waals surface area contributed by atoms with Gasteiger partial charge in [0.15, 0.2) is 0 Å². The Bertz CT molecular complexity index is 918. The summed E-state index contributed by atoms with van der Waals surface area (Å²) in [5.41, 5.74) is 0.567. The van der Waals surface area contributed by atoms with Gasteiger partial charge in [-0.15, -0.1) is 0 Å². The molecule has 0 bridgehead atoms. The number of amides is 2. The van der Waals surface area contributed by atoms with E-state index in [0.29, 0.717) is 32.0 Å². The fourth-order valence-corrected chi connectivity index (χ4v) is 3.95. The largest absolute Gasteiger partial charge is 0.352 e. The van der Waals surface area contributed by atoms with E-state index in [1.165, 1.54) is 19.3 Å². The van der Waals surface area contributed by atoms with Gasteiger partial charge in [0, 0.05) is 44.4 Å². The van der Waals surface area contributed by atoms with E-state index in [0.717, 1.165) is 18.4 Å². The molecule has 2 amide bonds. The fraction of sp³-hybridized carbons (Fsp3) is 0.478. The van der Waals surface area contributed by atoms with Gasteiger partial charge in [-0.3, -0.25) is 19.4 Å². The number of nitrogens with zero attached hydrogens (tertiary/aromatic N) is 2. The number of rotatable bonds is 8. The second-order valence-electron chi connectivity index (χ2n) is 7.84. The van der Waals surface area contributed by atoms with Crippen LogP contribution in [0.25, 0.3) is 0 Å². The maximum atomic E-state index is 12.9. The number of pyridine rings is 2. The Morgan fingerprint density at radius 2 is 1.67 bits per heavy atom. The molecule has 0 saturated heterocycles. The molecule has 0 aromatic carbocycles. The molecule has 3 rings (SSSR count). The van der Waals surface area contributed by atoms with Gasteiger partial charge in [0.1, 0.15) is 11.1 Å². The van der Waals surface area contributed by atoms with Crippen molar-refractivity contribution in [3.05, 3.63) is 63.8 Å². The van der Waals surface area contributed by atoms with Gasteiger partial charge in [-0.1, -0.05) is 19.3 Å². The van der Waals surface area contributed by atoms with Crippen molar-refractivity contribution < 1.29 is 9.59 Å². The zero-order valence-corrected chi connectivity index (χ0v) is 17.5. The Balaban J connectivity index is 1.78. The van der Waals surface area contributed by atoms with Gasteiger partial charge in [0.25, 0.3) is 11.8 Å².